The smallest absolute Gasteiger partial charge is 0.363 e. The number of carbonyl (C=O) groups is 2. The van der Waals surface area contributed by atoms with Crippen molar-refractivity contribution in [2.45, 2.75) is 19.8 Å². The first kappa shape index (κ1) is 22.4. The largest absolute Gasteiger partial charge is 0.494 e. The van der Waals surface area contributed by atoms with Gasteiger partial charge in [-0.2, -0.15) is 0 Å². The van der Waals surface area contributed by atoms with Crippen LogP contribution < -0.4 is 14.2 Å². The zero-order valence-electron chi connectivity index (χ0n) is 18.7. The predicted octanol–water partition coefficient (Wildman–Crippen LogP) is 3.44. The van der Waals surface area contributed by atoms with Gasteiger partial charge in [0.2, 0.25) is 5.90 Å². The van der Waals surface area contributed by atoms with Gasteiger partial charge in [0.15, 0.2) is 23.8 Å². The van der Waals surface area contributed by atoms with Gasteiger partial charge in [0.25, 0.3) is 5.91 Å². The molecular weight excluding hydrogens is 424 g/mol. The molecule has 0 atom stereocenters. The number of amides is 1. The summed E-state index contributed by atoms with van der Waals surface area (Å²) < 4.78 is 21.9. The molecule has 0 radical (unpaired) electrons. The molecule has 8 heteroatoms. The van der Waals surface area contributed by atoms with E-state index in [2.05, 4.69) is 4.99 Å². The van der Waals surface area contributed by atoms with Gasteiger partial charge in [-0.15, -0.1) is 0 Å². The second kappa shape index (κ2) is 10.2. The summed E-state index contributed by atoms with van der Waals surface area (Å²) in [5.41, 5.74) is 1.55. The molecule has 0 N–H and O–H groups in total. The summed E-state index contributed by atoms with van der Waals surface area (Å²) in [4.78, 5) is 30.7. The Hall–Kier alpha value is -3.81. The lowest BCUT2D eigenvalue weighted by Gasteiger charge is -2.16. The second-order valence-electron chi connectivity index (χ2n) is 7.58. The number of esters is 1. The lowest BCUT2D eigenvalue weighted by molar-refractivity contribution is -0.132. The zero-order valence-corrected chi connectivity index (χ0v) is 18.7. The lowest BCUT2D eigenvalue weighted by Crippen LogP contribution is -2.32. The first-order valence-corrected chi connectivity index (χ1v) is 10.9. The maximum absolute atomic E-state index is 12.3. The van der Waals surface area contributed by atoms with Crippen LogP contribution in [-0.2, 0) is 14.3 Å². The summed E-state index contributed by atoms with van der Waals surface area (Å²) in [5.74, 6) is 1.32. The van der Waals surface area contributed by atoms with Crippen molar-refractivity contribution in [3.63, 3.8) is 0 Å². The number of ether oxygens (including phenoxy) is 4. The second-order valence-corrected chi connectivity index (χ2v) is 7.58. The third-order valence-corrected chi connectivity index (χ3v) is 5.33. The Bertz CT molecular complexity index is 1080. The van der Waals surface area contributed by atoms with E-state index in [1.165, 1.54) is 7.11 Å². The number of benzene rings is 2. The molecule has 0 saturated carbocycles. The highest BCUT2D eigenvalue weighted by atomic mass is 16.6. The summed E-state index contributed by atoms with van der Waals surface area (Å²) in [6, 6.07) is 12.4. The minimum absolute atomic E-state index is 0.0365. The van der Waals surface area contributed by atoms with Crippen molar-refractivity contribution >= 4 is 23.9 Å². The van der Waals surface area contributed by atoms with Gasteiger partial charge in [0.05, 0.1) is 13.7 Å². The molecule has 2 heterocycles. The van der Waals surface area contributed by atoms with Crippen molar-refractivity contribution in [3.8, 4) is 17.2 Å². The van der Waals surface area contributed by atoms with E-state index in [1.54, 1.807) is 53.4 Å². The molecule has 2 aromatic rings. The summed E-state index contributed by atoms with van der Waals surface area (Å²) in [5, 5.41) is 0. The van der Waals surface area contributed by atoms with E-state index >= 15 is 0 Å². The molecule has 1 fully saturated rings. The Morgan fingerprint density at radius 1 is 1.09 bits per heavy atom. The highest BCUT2D eigenvalue weighted by Gasteiger charge is 2.24. The van der Waals surface area contributed by atoms with Gasteiger partial charge in [-0.1, -0.05) is 6.07 Å². The van der Waals surface area contributed by atoms with Crippen LogP contribution in [0.5, 0.6) is 17.2 Å². The summed E-state index contributed by atoms with van der Waals surface area (Å²) >= 11 is 0. The molecule has 0 aliphatic carbocycles. The van der Waals surface area contributed by atoms with E-state index < -0.39 is 5.97 Å². The molecule has 172 valence electrons. The number of nitrogens with zero attached hydrogens (tertiary/aromatic N) is 2. The summed E-state index contributed by atoms with van der Waals surface area (Å²) in [6.45, 7) is 4.00. The quantitative estimate of drug-likeness (QED) is 0.452. The molecule has 0 bridgehead atoms. The van der Waals surface area contributed by atoms with Crippen LogP contribution in [0.4, 0.5) is 0 Å². The number of hydrogen-bond acceptors (Lipinski definition) is 7. The average Bonchev–Trinajstić information content (AvgIpc) is 3.49. The molecule has 0 spiro atoms. The number of likely N-dealkylation sites (tertiary alicyclic amines) is 1. The Morgan fingerprint density at radius 3 is 2.55 bits per heavy atom. The third-order valence-electron chi connectivity index (χ3n) is 5.33. The van der Waals surface area contributed by atoms with Crippen LogP contribution in [0.25, 0.3) is 6.08 Å². The molecular formula is C25H26N2O6. The van der Waals surface area contributed by atoms with Crippen molar-refractivity contribution in [3.05, 3.63) is 59.3 Å². The van der Waals surface area contributed by atoms with Crippen LogP contribution in [0.1, 0.15) is 30.9 Å². The highest BCUT2D eigenvalue weighted by molar-refractivity contribution is 6.12. The van der Waals surface area contributed by atoms with Gasteiger partial charge in [0, 0.05) is 18.7 Å². The normalized spacial score (nSPS) is 16.5. The molecule has 2 aromatic carbocycles. The minimum Gasteiger partial charge on any atom is -0.494 e. The van der Waals surface area contributed by atoms with E-state index in [0.717, 1.165) is 31.7 Å². The van der Waals surface area contributed by atoms with Gasteiger partial charge >= 0.3 is 5.97 Å². The van der Waals surface area contributed by atoms with E-state index in [4.69, 9.17) is 18.9 Å². The first-order chi connectivity index (χ1) is 16.1. The maximum atomic E-state index is 12.3. The van der Waals surface area contributed by atoms with Crippen LogP contribution in [0.15, 0.2) is 53.2 Å². The van der Waals surface area contributed by atoms with Crippen LogP contribution in [0.3, 0.4) is 0 Å². The highest BCUT2D eigenvalue weighted by Crippen LogP contribution is 2.30. The van der Waals surface area contributed by atoms with E-state index in [9.17, 15) is 9.59 Å². The topological polar surface area (TPSA) is 86.7 Å². The number of aliphatic imine (C=N–C) groups is 1. The Kier molecular flexibility index (Phi) is 6.92. The van der Waals surface area contributed by atoms with E-state index in [0.29, 0.717) is 29.2 Å². The third kappa shape index (κ3) is 5.34. The van der Waals surface area contributed by atoms with Gasteiger partial charge < -0.3 is 23.8 Å². The number of methoxy groups -OCH3 is 1. The van der Waals surface area contributed by atoms with Crippen molar-refractivity contribution in [2.75, 3.05) is 33.4 Å². The predicted molar refractivity (Wildman–Crippen MR) is 123 cm³/mol. The standard InChI is InChI=1S/C25H26N2O6/c1-3-31-19-9-7-18(8-10-19)24-26-20(25(29)33-24)14-17-6-11-21(22(15-17)30-2)32-16-23(28)27-12-4-5-13-27/h6-11,14-15H,3-5,12-13,16H2,1-2H3/b20-14-. The average molecular weight is 450 g/mol. The fourth-order valence-corrected chi connectivity index (χ4v) is 3.64. The zero-order chi connectivity index (χ0) is 23.2. The van der Waals surface area contributed by atoms with Crippen LogP contribution in [0, 0.1) is 0 Å². The SMILES string of the molecule is CCOc1ccc(C2=N/C(=C\c3ccc(OCC(=O)N4CCCC4)c(OC)c3)C(=O)O2)cc1. The monoisotopic (exact) mass is 450 g/mol. The fourth-order valence-electron chi connectivity index (χ4n) is 3.64. The number of rotatable bonds is 8. The first-order valence-electron chi connectivity index (χ1n) is 10.9. The van der Waals surface area contributed by atoms with Crippen LogP contribution in [-0.4, -0.2) is 56.1 Å². The van der Waals surface area contributed by atoms with Gasteiger partial charge in [-0.3, -0.25) is 4.79 Å². The molecule has 0 unspecified atom stereocenters. The van der Waals surface area contributed by atoms with Crippen molar-refractivity contribution in [1.82, 2.24) is 4.90 Å². The fraction of sp³-hybridized carbons (Fsp3) is 0.320. The Labute approximate surface area is 192 Å². The molecule has 8 nitrogen and oxygen atoms in total. The van der Waals surface area contributed by atoms with Crippen LogP contribution >= 0.6 is 0 Å². The van der Waals surface area contributed by atoms with Crippen molar-refractivity contribution in [2.24, 2.45) is 4.99 Å². The van der Waals surface area contributed by atoms with E-state index in [-0.39, 0.29) is 24.1 Å². The Morgan fingerprint density at radius 2 is 1.85 bits per heavy atom. The molecule has 2 aliphatic rings. The minimum atomic E-state index is -0.533. The van der Waals surface area contributed by atoms with E-state index in [1.807, 2.05) is 6.92 Å². The molecule has 2 aliphatic heterocycles. The van der Waals surface area contributed by atoms with Gasteiger partial charge in [-0.25, -0.2) is 9.79 Å². The molecule has 1 amide bonds. The van der Waals surface area contributed by atoms with Gasteiger partial charge in [0.1, 0.15) is 5.75 Å². The van der Waals surface area contributed by atoms with Crippen LogP contribution in [0.2, 0.25) is 0 Å². The van der Waals surface area contributed by atoms with Crippen molar-refractivity contribution in [1.29, 1.82) is 0 Å². The molecule has 4 rings (SSSR count). The van der Waals surface area contributed by atoms with Crippen molar-refractivity contribution < 1.29 is 28.5 Å². The summed E-state index contributed by atoms with van der Waals surface area (Å²) in [7, 11) is 1.52. The number of cyclic esters (lactones) is 1. The lowest BCUT2D eigenvalue weighted by atomic mass is 10.1. The maximum Gasteiger partial charge on any atom is 0.363 e. The molecule has 0 aromatic heterocycles. The summed E-state index contributed by atoms with van der Waals surface area (Å²) in [6.07, 6.45) is 3.68. The molecule has 1 saturated heterocycles. The Balaban J connectivity index is 1.47. The van der Waals surface area contributed by atoms with Gasteiger partial charge in [-0.05, 0) is 67.8 Å². The number of carbonyl (C=O) groups excluding carboxylic acids is 2. The number of hydrogen-bond donors (Lipinski definition) is 0. The molecule has 33 heavy (non-hydrogen) atoms.